The lowest BCUT2D eigenvalue weighted by molar-refractivity contribution is 0.409. The number of nitrogens with zero attached hydrogens (tertiary/aromatic N) is 1. The van der Waals surface area contributed by atoms with E-state index in [1.54, 1.807) is 0 Å². The molecule has 0 radical (unpaired) electrons. The second kappa shape index (κ2) is 6.10. The molecule has 0 bridgehead atoms. The van der Waals surface area contributed by atoms with Crippen LogP contribution in [0.4, 0.5) is 11.4 Å². The van der Waals surface area contributed by atoms with Gasteiger partial charge in [0, 0.05) is 18.6 Å². The van der Waals surface area contributed by atoms with Crippen LogP contribution in [-0.4, -0.2) is 18.6 Å². The second-order valence-electron chi connectivity index (χ2n) is 5.48. The van der Waals surface area contributed by atoms with Crippen LogP contribution in [-0.2, 0) is 0 Å². The number of nitrogens with two attached hydrogens (primary N) is 2. The van der Waals surface area contributed by atoms with Gasteiger partial charge in [0.15, 0.2) is 0 Å². The lowest BCUT2D eigenvalue weighted by Crippen LogP contribution is -2.43. The Morgan fingerprint density at radius 2 is 1.89 bits per heavy atom. The predicted molar refractivity (Wildman–Crippen MR) is 78.7 cm³/mol. The summed E-state index contributed by atoms with van der Waals surface area (Å²) < 4.78 is 0. The Labute approximate surface area is 110 Å². The van der Waals surface area contributed by atoms with Gasteiger partial charge in [-0.2, -0.15) is 0 Å². The summed E-state index contributed by atoms with van der Waals surface area (Å²) in [7, 11) is 0. The van der Waals surface area contributed by atoms with Gasteiger partial charge >= 0.3 is 0 Å². The molecule has 18 heavy (non-hydrogen) atoms. The summed E-state index contributed by atoms with van der Waals surface area (Å²) in [5.74, 6) is 0. The smallest absolute Gasteiger partial charge is 0.0602 e. The lowest BCUT2D eigenvalue weighted by atomic mass is 9.93. The van der Waals surface area contributed by atoms with Gasteiger partial charge in [-0.25, -0.2) is 0 Å². The van der Waals surface area contributed by atoms with Crippen LogP contribution in [0.3, 0.4) is 0 Å². The Bertz CT molecular complexity index is 370. The van der Waals surface area contributed by atoms with Gasteiger partial charge in [0.05, 0.1) is 11.4 Å². The van der Waals surface area contributed by atoms with Gasteiger partial charge in [0.1, 0.15) is 0 Å². The molecule has 1 aromatic rings. The van der Waals surface area contributed by atoms with Crippen molar-refractivity contribution >= 4 is 11.4 Å². The number of nitrogen functional groups attached to an aromatic ring is 1. The number of anilines is 2. The first-order valence-corrected chi connectivity index (χ1v) is 7.05. The summed E-state index contributed by atoms with van der Waals surface area (Å²) in [5, 5.41) is 0. The number of benzene rings is 1. The fraction of sp³-hybridized carbons (Fsp3) is 0.600. The molecule has 0 aromatic heterocycles. The van der Waals surface area contributed by atoms with Gasteiger partial charge in [-0.3, -0.25) is 0 Å². The molecule has 1 aliphatic carbocycles. The first-order valence-electron chi connectivity index (χ1n) is 7.05. The van der Waals surface area contributed by atoms with Crippen molar-refractivity contribution in [3.8, 4) is 0 Å². The van der Waals surface area contributed by atoms with Crippen molar-refractivity contribution in [1.82, 2.24) is 0 Å². The third-order valence-electron chi connectivity index (χ3n) is 3.75. The highest BCUT2D eigenvalue weighted by Crippen LogP contribution is 2.30. The summed E-state index contributed by atoms with van der Waals surface area (Å²) >= 11 is 0. The van der Waals surface area contributed by atoms with Crippen molar-refractivity contribution in [3.63, 3.8) is 0 Å². The van der Waals surface area contributed by atoms with Gasteiger partial charge in [-0.05, 0) is 31.9 Å². The maximum absolute atomic E-state index is 6.12. The van der Waals surface area contributed by atoms with Crippen LogP contribution < -0.4 is 16.4 Å². The number of rotatable bonds is 4. The van der Waals surface area contributed by atoms with Crippen LogP contribution in [0.2, 0.25) is 0 Å². The average Bonchev–Trinajstić information content (AvgIpc) is 2.38. The van der Waals surface area contributed by atoms with E-state index in [4.69, 9.17) is 11.5 Å². The Morgan fingerprint density at radius 1 is 1.22 bits per heavy atom. The zero-order valence-electron chi connectivity index (χ0n) is 11.3. The van der Waals surface area contributed by atoms with Crippen LogP contribution in [0.1, 0.15) is 39.0 Å². The van der Waals surface area contributed by atoms with Crippen molar-refractivity contribution in [2.75, 3.05) is 17.2 Å². The quantitative estimate of drug-likeness (QED) is 0.804. The normalized spacial score (nSPS) is 18.6. The zero-order chi connectivity index (χ0) is 13.0. The molecule has 100 valence electrons. The largest absolute Gasteiger partial charge is 0.397 e. The highest BCUT2D eigenvalue weighted by atomic mass is 15.2. The summed E-state index contributed by atoms with van der Waals surface area (Å²) in [6, 6.07) is 8.92. The van der Waals surface area contributed by atoms with E-state index >= 15 is 0 Å². The van der Waals surface area contributed by atoms with E-state index in [0.717, 1.165) is 17.9 Å². The predicted octanol–water partition coefficient (Wildman–Crippen LogP) is 2.76. The fourth-order valence-corrected chi connectivity index (χ4v) is 2.90. The molecule has 4 N–H and O–H groups in total. The minimum absolute atomic E-state index is 0.173. The van der Waals surface area contributed by atoms with E-state index in [9.17, 15) is 0 Å². The van der Waals surface area contributed by atoms with Gasteiger partial charge in [0.2, 0.25) is 0 Å². The lowest BCUT2D eigenvalue weighted by Gasteiger charge is -2.37. The Morgan fingerprint density at radius 3 is 2.50 bits per heavy atom. The van der Waals surface area contributed by atoms with E-state index in [1.165, 1.54) is 32.1 Å². The van der Waals surface area contributed by atoms with Crippen molar-refractivity contribution < 1.29 is 0 Å². The molecule has 0 amide bonds. The molecule has 3 heteroatoms. The Hall–Kier alpha value is -1.22. The maximum Gasteiger partial charge on any atom is 0.0602 e. The molecule has 0 saturated heterocycles. The van der Waals surface area contributed by atoms with Crippen LogP contribution in [0, 0.1) is 0 Å². The maximum atomic E-state index is 6.12. The van der Waals surface area contributed by atoms with Gasteiger partial charge in [-0.15, -0.1) is 0 Å². The molecule has 0 unspecified atom stereocenters. The minimum atomic E-state index is 0.173. The average molecular weight is 247 g/mol. The standard InChI is InChI=1S/C15H25N3/c1-12(16)11-18(13-7-3-2-4-8-13)15-10-6-5-9-14(15)17/h5-6,9-10,12-13H,2-4,7-8,11,16-17H2,1H3/t12-/m0/s1. The van der Waals surface area contributed by atoms with E-state index < -0.39 is 0 Å². The molecule has 3 nitrogen and oxygen atoms in total. The third kappa shape index (κ3) is 3.16. The third-order valence-corrected chi connectivity index (χ3v) is 3.75. The first kappa shape index (κ1) is 13.2. The van der Waals surface area contributed by atoms with Crippen molar-refractivity contribution in [1.29, 1.82) is 0 Å². The van der Waals surface area contributed by atoms with Gasteiger partial charge < -0.3 is 16.4 Å². The molecular weight excluding hydrogens is 222 g/mol. The molecule has 1 fully saturated rings. The molecule has 1 aliphatic rings. The second-order valence-corrected chi connectivity index (χ2v) is 5.48. The topological polar surface area (TPSA) is 55.3 Å². The Kier molecular flexibility index (Phi) is 4.48. The monoisotopic (exact) mass is 247 g/mol. The molecule has 1 atom stereocenters. The van der Waals surface area contributed by atoms with E-state index in [0.29, 0.717) is 6.04 Å². The molecule has 2 rings (SSSR count). The van der Waals surface area contributed by atoms with E-state index in [-0.39, 0.29) is 6.04 Å². The van der Waals surface area contributed by atoms with Crippen molar-refractivity contribution in [3.05, 3.63) is 24.3 Å². The van der Waals surface area contributed by atoms with Crippen molar-refractivity contribution in [2.24, 2.45) is 5.73 Å². The molecule has 1 saturated carbocycles. The molecule has 0 heterocycles. The SMILES string of the molecule is C[C@H](N)CN(c1ccccc1N)C1CCCCC1. The fourth-order valence-electron chi connectivity index (χ4n) is 2.90. The highest BCUT2D eigenvalue weighted by molar-refractivity contribution is 5.67. The van der Waals surface area contributed by atoms with Gasteiger partial charge in [0.25, 0.3) is 0 Å². The Balaban J connectivity index is 2.21. The summed E-state index contributed by atoms with van der Waals surface area (Å²) in [6.07, 6.45) is 6.55. The summed E-state index contributed by atoms with van der Waals surface area (Å²) in [6.45, 7) is 2.95. The van der Waals surface area contributed by atoms with E-state index in [1.807, 2.05) is 12.1 Å². The highest BCUT2D eigenvalue weighted by Gasteiger charge is 2.23. The number of para-hydroxylation sites is 2. The van der Waals surface area contributed by atoms with Crippen LogP contribution >= 0.6 is 0 Å². The van der Waals surface area contributed by atoms with Crippen LogP contribution in [0.5, 0.6) is 0 Å². The zero-order valence-corrected chi connectivity index (χ0v) is 11.3. The molecule has 0 spiro atoms. The van der Waals surface area contributed by atoms with Crippen molar-refractivity contribution in [2.45, 2.75) is 51.1 Å². The van der Waals surface area contributed by atoms with Gasteiger partial charge in [-0.1, -0.05) is 31.4 Å². The minimum Gasteiger partial charge on any atom is -0.397 e. The summed E-state index contributed by atoms with van der Waals surface area (Å²) in [4.78, 5) is 2.43. The molecule has 1 aromatic carbocycles. The molecular formula is C15H25N3. The summed E-state index contributed by atoms with van der Waals surface area (Å²) in [5.41, 5.74) is 14.1. The van der Waals surface area contributed by atoms with Crippen LogP contribution in [0.15, 0.2) is 24.3 Å². The van der Waals surface area contributed by atoms with E-state index in [2.05, 4.69) is 24.0 Å². The number of hydrogen-bond donors (Lipinski definition) is 2. The first-order chi connectivity index (χ1) is 8.68. The van der Waals surface area contributed by atoms with Crippen LogP contribution in [0.25, 0.3) is 0 Å². The number of hydrogen-bond acceptors (Lipinski definition) is 3. The molecule has 0 aliphatic heterocycles.